The van der Waals surface area contributed by atoms with Gasteiger partial charge in [-0.1, -0.05) is 12.0 Å². The summed E-state index contributed by atoms with van der Waals surface area (Å²) in [6.45, 7) is 2.97. The van der Waals surface area contributed by atoms with Crippen LogP contribution in [-0.4, -0.2) is 26.3 Å². The lowest BCUT2D eigenvalue weighted by atomic mass is 10.1. The molecule has 0 saturated carbocycles. The molecule has 0 aliphatic rings. The van der Waals surface area contributed by atoms with Crippen molar-refractivity contribution in [1.29, 1.82) is 0 Å². The molecule has 3 N–H and O–H groups in total. The van der Waals surface area contributed by atoms with Gasteiger partial charge in [-0.05, 0) is 56.1 Å². The van der Waals surface area contributed by atoms with Crippen molar-refractivity contribution in [3.8, 4) is 11.8 Å². The largest absolute Gasteiger partial charge is 0.330 e. The molecule has 0 aliphatic heterocycles. The second-order valence-corrected chi connectivity index (χ2v) is 6.37. The van der Waals surface area contributed by atoms with E-state index in [1.807, 2.05) is 43.3 Å². The molecular weight excluding hydrogens is 338 g/mol. The molecule has 134 valence electrons. The SMILES string of the molecule is Cc1[nH]nc2c1c(=O)n(CCCN)c1ccc(C#Cc3ccccn3)cc21. The van der Waals surface area contributed by atoms with Gasteiger partial charge in [0, 0.05) is 29.4 Å². The van der Waals surface area contributed by atoms with Crippen LogP contribution in [0, 0.1) is 18.8 Å². The first-order valence-corrected chi connectivity index (χ1v) is 8.83. The molecule has 0 aliphatic carbocycles. The van der Waals surface area contributed by atoms with Crippen molar-refractivity contribution in [2.45, 2.75) is 19.9 Å². The minimum Gasteiger partial charge on any atom is -0.330 e. The third kappa shape index (κ3) is 3.09. The molecule has 4 rings (SSSR count). The second kappa shape index (κ2) is 7.06. The van der Waals surface area contributed by atoms with Gasteiger partial charge in [0.1, 0.15) is 11.2 Å². The molecular formula is C21H19N5O. The number of aromatic nitrogens is 4. The maximum Gasteiger partial charge on any atom is 0.262 e. The molecule has 0 unspecified atom stereocenters. The highest BCUT2D eigenvalue weighted by Gasteiger charge is 2.15. The third-order valence-electron chi connectivity index (χ3n) is 4.53. The minimum atomic E-state index is -0.0375. The van der Waals surface area contributed by atoms with Gasteiger partial charge in [0.2, 0.25) is 0 Å². The number of fused-ring (bicyclic) bond motifs is 3. The normalized spacial score (nSPS) is 10.9. The van der Waals surface area contributed by atoms with E-state index in [1.165, 1.54) is 0 Å². The van der Waals surface area contributed by atoms with Gasteiger partial charge in [-0.15, -0.1) is 0 Å². The predicted octanol–water partition coefficient (Wildman–Crippen LogP) is 2.33. The van der Waals surface area contributed by atoms with Crippen LogP contribution in [0.25, 0.3) is 21.8 Å². The van der Waals surface area contributed by atoms with Gasteiger partial charge in [-0.3, -0.25) is 9.89 Å². The van der Waals surface area contributed by atoms with Crippen molar-refractivity contribution in [3.63, 3.8) is 0 Å². The van der Waals surface area contributed by atoms with Crippen molar-refractivity contribution in [3.05, 3.63) is 69.9 Å². The molecule has 3 heterocycles. The summed E-state index contributed by atoms with van der Waals surface area (Å²) >= 11 is 0. The van der Waals surface area contributed by atoms with Crippen LogP contribution in [0.2, 0.25) is 0 Å². The lowest BCUT2D eigenvalue weighted by Crippen LogP contribution is -2.22. The van der Waals surface area contributed by atoms with Crippen molar-refractivity contribution < 1.29 is 0 Å². The summed E-state index contributed by atoms with van der Waals surface area (Å²) < 4.78 is 1.78. The van der Waals surface area contributed by atoms with Crippen LogP contribution in [0.5, 0.6) is 0 Å². The molecule has 4 aromatic rings. The Hall–Kier alpha value is -3.43. The van der Waals surface area contributed by atoms with Crippen molar-refractivity contribution in [1.82, 2.24) is 19.7 Å². The first kappa shape index (κ1) is 17.0. The number of aromatic amines is 1. The van der Waals surface area contributed by atoms with E-state index < -0.39 is 0 Å². The Kier molecular flexibility index (Phi) is 4.45. The summed E-state index contributed by atoms with van der Waals surface area (Å²) in [5.41, 5.74) is 9.47. The lowest BCUT2D eigenvalue weighted by molar-refractivity contribution is 0.654. The number of pyridine rings is 2. The Balaban J connectivity index is 1.93. The Bertz CT molecular complexity index is 1240. The van der Waals surface area contributed by atoms with Crippen LogP contribution >= 0.6 is 0 Å². The van der Waals surface area contributed by atoms with E-state index in [9.17, 15) is 4.79 Å². The number of hydrogen-bond donors (Lipinski definition) is 2. The highest BCUT2D eigenvalue weighted by atomic mass is 16.1. The molecule has 0 radical (unpaired) electrons. The summed E-state index contributed by atoms with van der Waals surface area (Å²) in [7, 11) is 0. The molecule has 0 atom stereocenters. The maximum absolute atomic E-state index is 13.0. The molecule has 0 amide bonds. The highest BCUT2D eigenvalue weighted by Crippen LogP contribution is 2.24. The second-order valence-electron chi connectivity index (χ2n) is 6.37. The maximum atomic E-state index is 13.0. The van der Waals surface area contributed by atoms with E-state index in [-0.39, 0.29) is 5.56 Å². The monoisotopic (exact) mass is 357 g/mol. The topological polar surface area (TPSA) is 89.6 Å². The van der Waals surface area contributed by atoms with Gasteiger partial charge < -0.3 is 10.3 Å². The van der Waals surface area contributed by atoms with Crippen molar-refractivity contribution >= 4 is 21.8 Å². The Morgan fingerprint density at radius 3 is 2.89 bits per heavy atom. The first-order valence-electron chi connectivity index (χ1n) is 8.83. The number of hydrogen-bond acceptors (Lipinski definition) is 4. The van der Waals surface area contributed by atoms with Crippen LogP contribution in [0.3, 0.4) is 0 Å². The number of nitrogens with two attached hydrogens (primary N) is 1. The molecule has 0 saturated heterocycles. The lowest BCUT2D eigenvalue weighted by Gasteiger charge is -2.11. The van der Waals surface area contributed by atoms with E-state index in [4.69, 9.17) is 5.73 Å². The molecule has 0 fully saturated rings. The fourth-order valence-corrected chi connectivity index (χ4v) is 3.21. The van der Waals surface area contributed by atoms with Gasteiger partial charge in [0.05, 0.1) is 10.9 Å². The summed E-state index contributed by atoms with van der Waals surface area (Å²) in [6.07, 6.45) is 2.45. The fraction of sp³-hybridized carbons (Fsp3) is 0.190. The average Bonchev–Trinajstić information content (AvgIpc) is 3.09. The zero-order valence-corrected chi connectivity index (χ0v) is 15.0. The highest BCUT2D eigenvalue weighted by molar-refractivity contribution is 6.04. The Morgan fingerprint density at radius 1 is 1.22 bits per heavy atom. The Morgan fingerprint density at radius 2 is 2.11 bits per heavy atom. The summed E-state index contributed by atoms with van der Waals surface area (Å²) in [5, 5.41) is 8.82. The van der Waals surface area contributed by atoms with Crippen LogP contribution < -0.4 is 11.3 Å². The first-order chi connectivity index (χ1) is 13.2. The van der Waals surface area contributed by atoms with Gasteiger partial charge in [0.15, 0.2) is 0 Å². The van der Waals surface area contributed by atoms with Crippen LogP contribution in [0.15, 0.2) is 47.4 Å². The van der Waals surface area contributed by atoms with Crippen molar-refractivity contribution in [2.75, 3.05) is 6.54 Å². The standard InChI is InChI=1S/C21H19N5O/c1-14-19-20(25-24-14)17-13-15(6-8-16-5-2-3-11-23-16)7-9-18(17)26(21(19)27)12-4-10-22/h2-3,5,7,9,11,13H,4,10,12,22H2,1H3,(H,24,25). The van der Waals surface area contributed by atoms with E-state index in [1.54, 1.807) is 10.8 Å². The van der Waals surface area contributed by atoms with Gasteiger partial charge >= 0.3 is 0 Å². The van der Waals surface area contributed by atoms with Gasteiger partial charge in [-0.25, -0.2) is 4.98 Å². The molecule has 6 nitrogen and oxygen atoms in total. The number of benzene rings is 1. The smallest absolute Gasteiger partial charge is 0.262 e. The Labute approximate surface area is 156 Å². The van der Waals surface area contributed by atoms with Gasteiger partial charge in [0.25, 0.3) is 5.56 Å². The predicted molar refractivity (Wildman–Crippen MR) is 106 cm³/mol. The molecule has 27 heavy (non-hydrogen) atoms. The summed E-state index contributed by atoms with van der Waals surface area (Å²) in [5.74, 6) is 6.21. The van der Waals surface area contributed by atoms with Crippen molar-refractivity contribution in [2.24, 2.45) is 5.73 Å². The number of H-pyrrole nitrogens is 1. The number of nitrogens with zero attached hydrogens (tertiary/aromatic N) is 3. The molecule has 0 spiro atoms. The zero-order valence-electron chi connectivity index (χ0n) is 15.0. The van der Waals surface area contributed by atoms with Gasteiger partial charge in [-0.2, -0.15) is 5.10 Å². The molecule has 3 aromatic heterocycles. The number of rotatable bonds is 3. The quantitative estimate of drug-likeness (QED) is 0.551. The zero-order chi connectivity index (χ0) is 18.8. The van der Waals surface area contributed by atoms with E-state index in [0.717, 1.165) is 28.6 Å². The molecule has 6 heteroatoms. The number of nitrogens with one attached hydrogen (secondary N) is 1. The van der Waals surface area contributed by atoms with Crippen LogP contribution in [-0.2, 0) is 6.54 Å². The minimum absolute atomic E-state index is 0.0375. The fourth-order valence-electron chi connectivity index (χ4n) is 3.21. The average molecular weight is 357 g/mol. The van der Waals surface area contributed by atoms with Crippen LogP contribution in [0.1, 0.15) is 23.4 Å². The van der Waals surface area contributed by atoms with Crippen LogP contribution in [0.4, 0.5) is 0 Å². The summed E-state index contributed by atoms with van der Waals surface area (Å²) in [4.78, 5) is 17.2. The molecule has 0 bridgehead atoms. The molecule has 1 aromatic carbocycles. The van der Waals surface area contributed by atoms with E-state index >= 15 is 0 Å². The van der Waals surface area contributed by atoms with E-state index in [2.05, 4.69) is 27.0 Å². The third-order valence-corrected chi connectivity index (χ3v) is 4.53. The number of aryl methyl sites for hydroxylation is 2. The summed E-state index contributed by atoms with van der Waals surface area (Å²) in [6, 6.07) is 11.5. The van der Waals surface area contributed by atoms with E-state index in [0.29, 0.717) is 29.7 Å².